The molecule has 0 spiro atoms. The van der Waals surface area contributed by atoms with E-state index in [1.807, 2.05) is 4.90 Å². The van der Waals surface area contributed by atoms with Crippen LogP contribution in [0.3, 0.4) is 0 Å². The minimum Gasteiger partial charge on any atom is -0.497 e. The van der Waals surface area contributed by atoms with Gasteiger partial charge in [0.05, 0.1) is 42.9 Å². The number of carbonyl (C=O) groups is 1. The van der Waals surface area contributed by atoms with Gasteiger partial charge < -0.3 is 20.1 Å². The maximum Gasteiger partial charge on any atom is 0.309 e. The van der Waals surface area contributed by atoms with E-state index in [9.17, 15) is 33.3 Å². The summed E-state index contributed by atoms with van der Waals surface area (Å²) in [5.41, 5.74) is -0.0134. The van der Waals surface area contributed by atoms with E-state index in [1.54, 1.807) is 18.2 Å². The largest absolute Gasteiger partial charge is 0.497 e. The number of aliphatic carboxylic acids is 1. The van der Waals surface area contributed by atoms with Crippen molar-refractivity contribution in [3.8, 4) is 17.6 Å². The number of carboxylic acid groups (broad SMARTS) is 1. The molecule has 0 bridgehead atoms. The van der Waals surface area contributed by atoms with E-state index in [1.165, 1.54) is 13.3 Å². The number of fused-ring (bicyclic) bond motifs is 1. The Bertz CT molecular complexity index is 1400. The molecule has 2 aromatic carbocycles. The molecule has 7 nitrogen and oxygen atoms in total. The molecule has 3 aromatic rings. The van der Waals surface area contributed by atoms with Crippen LogP contribution < -0.4 is 4.74 Å². The number of pyridine rings is 1. The monoisotopic (exact) mass is 542 g/mol. The van der Waals surface area contributed by atoms with Gasteiger partial charge in [0.2, 0.25) is 0 Å². The maximum absolute atomic E-state index is 13.8. The van der Waals surface area contributed by atoms with Gasteiger partial charge in [-0.05, 0) is 49.4 Å². The molecule has 1 aliphatic rings. The van der Waals surface area contributed by atoms with Crippen molar-refractivity contribution in [1.29, 1.82) is 0 Å². The first kappa shape index (κ1) is 28.4. The van der Waals surface area contributed by atoms with Crippen LogP contribution in [0.15, 0.2) is 36.5 Å². The Balaban J connectivity index is 1.44. The molecule has 206 valence electrons. The zero-order valence-electron chi connectivity index (χ0n) is 21.4. The standard InChI is InChI=1S/C29H29F3N2O5/c1-39-20-4-5-25-22(15-20)27(18(17-35)16-33-25)26(36)6-7-29(28(37)38)8-11-34(12-9-29)10-2-3-21-23(31)13-19(30)14-24(21)32/h4-5,13-16,26,35-36H,6-12,17H2,1H3,(H,37,38). The van der Waals surface area contributed by atoms with Gasteiger partial charge in [0.15, 0.2) is 0 Å². The number of rotatable bonds is 8. The first-order valence-corrected chi connectivity index (χ1v) is 12.5. The number of halogens is 3. The van der Waals surface area contributed by atoms with Crippen LogP contribution >= 0.6 is 0 Å². The third-order valence-electron chi connectivity index (χ3n) is 7.39. The Morgan fingerprint density at radius 3 is 2.49 bits per heavy atom. The lowest BCUT2D eigenvalue weighted by Gasteiger charge is -2.38. The van der Waals surface area contributed by atoms with Gasteiger partial charge in [0.1, 0.15) is 23.2 Å². The lowest BCUT2D eigenvalue weighted by Crippen LogP contribution is -2.44. The van der Waals surface area contributed by atoms with Crippen molar-refractivity contribution in [2.24, 2.45) is 5.41 Å². The van der Waals surface area contributed by atoms with Crippen molar-refractivity contribution >= 4 is 16.9 Å². The summed E-state index contributed by atoms with van der Waals surface area (Å²) in [4.78, 5) is 18.6. The number of likely N-dealkylation sites (tertiary alicyclic amines) is 1. The van der Waals surface area contributed by atoms with E-state index >= 15 is 0 Å². The smallest absolute Gasteiger partial charge is 0.309 e. The zero-order chi connectivity index (χ0) is 28.2. The zero-order valence-corrected chi connectivity index (χ0v) is 21.4. The van der Waals surface area contributed by atoms with Crippen LogP contribution in [-0.4, -0.2) is 57.9 Å². The van der Waals surface area contributed by atoms with Crippen molar-refractivity contribution < 1.29 is 38.0 Å². The molecule has 1 atom stereocenters. The number of piperidine rings is 1. The predicted molar refractivity (Wildman–Crippen MR) is 137 cm³/mol. The number of nitrogens with zero attached hydrogens (tertiary/aromatic N) is 2. The molecule has 0 radical (unpaired) electrons. The minimum atomic E-state index is -1.08. The van der Waals surface area contributed by atoms with E-state index in [0.717, 1.165) is 0 Å². The van der Waals surface area contributed by atoms with Gasteiger partial charge in [-0.1, -0.05) is 11.8 Å². The molecule has 1 unspecified atom stereocenters. The van der Waals surface area contributed by atoms with E-state index in [2.05, 4.69) is 16.8 Å². The fourth-order valence-electron chi connectivity index (χ4n) is 5.05. The van der Waals surface area contributed by atoms with Crippen molar-refractivity contribution in [1.82, 2.24) is 9.88 Å². The number of hydrogen-bond donors (Lipinski definition) is 3. The summed E-state index contributed by atoms with van der Waals surface area (Å²) >= 11 is 0. The van der Waals surface area contributed by atoms with Crippen LogP contribution in [-0.2, 0) is 11.4 Å². The Kier molecular flexibility index (Phi) is 8.75. The summed E-state index contributed by atoms with van der Waals surface area (Å²) in [6.07, 6.45) is 1.42. The van der Waals surface area contributed by atoms with E-state index in [-0.39, 0.29) is 26.0 Å². The molecule has 39 heavy (non-hydrogen) atoms. The molecule has 10 heteroatoms. The number of aromatic nitrogens is 1. The number of carboxylic acids is 1. The van der Waals surface area contributed by atoms with Crippen LogP contribution in [0.1, 0.15) is 48.5 Å². The second-order valence-corrected chi connectivity index (χ2v) is 9.70. The minimum absolute atomic E-state index is 0.151. The maximum atomic E-state index is 13.8. The highest BCUT2D eigenvalue weighted by Gasteiger charge is 2.41. The molecule has 0 aliphatic carbocycles. The molecule has 4 rings (SSSR count). The third-order valence-corrected chi connectivity index (χ3v) is 7.39. The van der Waals surface area contributed by atoms with Crippen LogP contribution in [0.5, 0.6) is 5.75 Å². The molecule has 1 aliphatic heterocycles. The molecule has 1 saturated heterocycles. The summed E-state index contributed by atoms with van der Waals surface area (Å²) in [6.45, 7) is 0.614. The first-order chi connectivity index (χ1) is 18.7. The molecular formula is C29H29F3N2O5. The highest BCUT2D eigenvalue weighted by atomic mass is 19.1. The summed E-state index contributed by atoms with van der Waals surface area (Å²) in [5.74, 6) is 1.52. The van der Waals surface area contributed by atoms with Gasteiger partial charge in [-0.2, -0.15) is 0 Å². The van der Waals surface area contributed by atoms with Gasteiger partial charge in [-0.25, -0.2) is 13.2 Å². The van der Waals surface area contributed by atoms with Gasteiger partial charge in [-0.3, -0.25) is 14.7 Å². The Labute approximate surface area is 223 Å². The fraction of sp³-hybridized carbons (Fsp3) is 0.379. The predicted octanol–water partition coefficient (Wildman–Crippen LogP) is 4.19. The molecule has 0 amide bonds. The molecule has 2 heterocycles. The lowest BCUT2D eigenvalue weighted by molar-refractivity contribution is -0.153. The first-order valence-electron chi connectivity index (χ1n) is 12.5. The molecule has 3 N–H and O–H groups in total. The van der Waals surface area contributed by atoms with Crippen LogP contribution in [0, 0.1) is 34.7 Å². The second kappa shape index (κ2) is 12.0. The highest BCUT2D eigenvalue weighted by molar-refractivity contribution is 5.85. The summed E-state index contributed by atoms with van der Waals surface area (Å²) in [5, 5.41) is 31.8. The van der Waals surface area contributed by atoms with Crippen molar-refractivity contribution in [3.05, 3.63) is 70.7 Å². The molecule has 1 fully saturated rings. The Morgan fingerprint density at radius 2 is 1.87 bits per heavy atom. The van der Waals surface area contributed by atoms with Crippen molar-refractivity contribution in [2.45, 2.75) is 38.4 Å². The van der Waals surface area contributed by atoms with Crippen LogP contribution in [0.25, 0.3) is 10.9 Å². The van der Waals surface area contributed by atoms with E-state index < -0.39 is 40.5 Å². The van der Waals surface area contributed by atoms with Gasteiger partial charge in [0.25, 0.3) is 0 Å². The average Bonchev–Trinajstić information content (AvgIpc) is 2.92. The Hall–Kier alpha value is -3.65. The van der Waals surface area contributed by atoms with Gasteiger partial charge >= 0.3 is 5.97 Å². The number of methoxy groups -OCH3 is 1. The molecular weight excluding hydrogens is 513 g/mol. The number of hydrogen-bond acceptors (Lipinski definition) is 6. The van der Waals surface area contributed by atoms with Crippen molar-refractivity contribution in [3.63, 3.8) is 0 Å². The number of ether oxygens (including phenoxy) is 1. The Morgan fingerprint density at radius 1 is 1.18 bits per heavy atom. The summed E-state index contributed by atoms with van der Waals surface area (Å²) in [6, 6.07) is 6.36. The molecule has 0 saturated carbocycles. The third kappa shape index (κ3) is 6.17. The summed E-state index contributed by atoms with van der Waals surface area (Å²) < 4.78 is 46.0. The number of aliphatic hydroxyl groups excluding tert-OH is 2. The normalized spacial score (nSPS) is 15.9. The summed E-state index contributed by atoms with van der Waals surface area (Å²) in [7, 11) is 1.52. The fourth-order valence-corrected chi connectivity index (χ4v) is 5.05. The van der Waals surface area contributed by atoms with E-state index in [4.69, 9.17) is 4.74 Å². The van der Waals surface area contributed by atoms with Gasteiger partial charge in [-0.15, -0.1) is 0 Å². The van der Waals surface area contributed by atoms with Crippen LogP contribution in [0.4, 0.5) is 13.2 Å². The quantitative estimate of drug-likeness (QED) is 0.367. The SMILES string of the molecule is COc1ccc2ncc(CO)c(C(O)CCC3(C(=O)O)CCN(CC#Cc4c(F)cc(F)cc4F)CC3)c2c1. The average molecular weight is 543 g/mol. The van der Waals surface area contributed by atoms with Crippen LogP contribution in [0.2, 0.25) is 0 Å². The lowest BCUT2D eigenvalue weighted by atomic mass is 9.74. The van der Waals surface area contributed by atoms with Gasteiger partial charge in [0, 0.05) is 42.4 Å². The molecule has 1 aromatic heterocycles. The topological polar surface area (TPSA) is 103 Å². The van der Waals surface area contributed by atoms with E-state index in [0.29, 0.717) is 65.8 Å². The second-order valence-electron chi connectivity index (χ2n) is 9.70. The number of aliphatic hydroxyl groups is 2. The number of benzene rings is 2. The van der Waals surface area contributed by atoms with Crippen molar-refractivity contribution in [2.75, 3.05) is 26.7 Å². The highest BCUT2D eigenvalue weighted by Crippen LogP contribution is 2.40.